The minimum absolute atomic E-state index is 0.0313. The summed E-state index contributed by atoms with van der Waals surface area (Å²) < 4.78 is 5.22. The van der Waals surface area contributed by atoms with Crippen molar-refractivity contribution in [3.63, 3.8) is 0 Å². The van der Waals surface area contributed by atoms with Gasteiger partial charge >= 0.3 is 5.97 Å². The maximum atomic E-state index is 11.4. The minimum Gasteiger partial charge on any atom is -0.466 e. The predicted octanol–water partition coefficient (Wildman–Crippen LogP) is 2.36. The second-order valence-electron chi connectivity index (χ2n) is 5.93. The molecule has 1 N–H and O–H groups in total. The normalized spacial score (nSPS) is 21.1. The zero-order valence-corrected chi connectivity index (χ0v) is 10.8. The molecule has 16 heavy (non-hydrogen) atoms. The van der Waals surface area contributed by atoms with Crippen LogP contribution in [0.2, 0.25) is 0 Å². The van der Waals surface area contributed by atoms with Gasteiger partial charge in [-0.2, -0.15) is 0 Å². The first-order valence-electron chi connectivity index (χ1n) is 6.34. The second kappa shape index (κ2) is 6.24. The van der Waals surface area contributed by atoms with Crippen LogP contribution in [0.25, 0.3) is 0 Å². The Bertz CT molecular complexity index is 214. The van der Waals surface area contributed by atoms with Crippen molar-refractivity contribution >= 4 is 5.97 Å². The molecule has 0 aromatic carbocycles. The lowest BCUT2D eigenvalue weighted by Gasteiger charge is -2.17. The minimum atomic E-state index is -0.0313. The molecule has 3 nitrogen and oxygen atoms in total. The lowest BCUT2D eigenvalue weighted by atomic mass is 9.93. The summed E-state index contributed by atoms with van der Waals surface area (Å²) in [4.78, 5) is 11.4. The van der Waals surface area contributed by atoms with E-state index in [-0.39, 0.29) is 11.4 Å². The number of carbonyl (C=O) groups excluding carboxylic acids is 1. The first kappa shape index (κ1) is 13.5. The van der Waals surface area contributed by atoms with Gasteiger partial charge in [-0.3, -0.25) is 4.79 Å². The molecule has 1 rings (SSSR count). The van der Waals surface area contributed by atoms with Gasteiger partial charge in [0.1, 0.15) is 0 Å². The Morgan fingerprint density at radius 1 is 1.44 bits per heavy atom. The van der Waals surface area contributed by atoms with Crippen LogP contribution in [-0.4, -0.2) is 25.7 Å². The Labute approximate surface area is 98.9 Å². The third-order valence-electron chi connectivity index (χ3n) is 3.03. The van der Waals surface area contributed by atoms with E-state index < -0.39 is 0 Å². The molecule has 1 aliphatic rings. The predicted molar refractivity (Wildman–Crippen MR) is 65.2 cm³/mol. The maximum Gasteiger partial charge on any atom is 0.305 e. The Morgan fingerprint density at radius 2 is 2.19 bits per heavy atom. The third kappa shape index (κ3) is 6.11. The molecule has 0 spiro atoms. The highest BCUT2D eigenvalue weighted by molar-refractivity contribution is 5.69. The topological polar surface area (TPSA) is 38.3 Å². The van der Waals surface area contributed by atoms with Crippen LogP contribution in [0.4, 0.5) is 0 Å². The van der Waals surface area contributed by atoms with Gasteiger partial charge in [0.2, 0.25) is 0 Å². The van der Waals surface area contributed by atoms with E-state index in [1.165, 1.54) is 6.42 Å². The molecule has 1 unspecified atom stereocenters. The standard InChI is InChI=1S/C13H25NO2/c1-13(2,3)7-9-16-12(15)5-4-11-6-8-14-10-11/h11,14H,4-10H2,1-3H3. The van der Waals surface area contributed by atoms with Crippen molar-refractivity contribution in [2.45, 2.75) is 46.5 Å². The number of hydrogen-bond acceptors (Lipinski definition) is 3. The third-order valence-corrected chi connectivity index (χ3v) is 3.03. The quantitative estimate of drug-likeness (QED) is 0.733. The van der Waals surface area contributed by atoms with Crippen molar-refractivity contribution < 1.29 is 9.53 Å². The second-order valence-corrected chi connectivity index (χ2v) is 5.93. The molecule has 0 aromatic rings. The Morgan fingerprint density at radius 3 is 2.75 bits per heavy atom. The highest BCUT2D eigenvalue weighted by Gasteiger charge is 2.16. The Hall–Kier alpha value is -0.570. The van der Waals surface area contributed by atoms with E-state index in [1.807, 2.05) is 0 Å². The van der Waals surface area contributed by atoms with Gasteiger partial charge in [-0.05, 0) is 43.7 Å². The van der Waals surface area contributed by atoms with Gasteiger partial charge < -0.3 is 10.1 Å². The van der Waals surface area contributed by atoms with Crippen molar-refractivity contribution in [1.29, 1.82) is 0 Å². The summed E-state index contributed by atoms with van der Waals surface area (Å²) in [6, 6.07) is 0. The molecule has 0 amide bonds. The number of nitrogens with one attached hydrogen (secondary N) is 1. The van der Waals surface area contributed by atoms with E-state index in [4.69, 9.17) is 4.74 Å². The van der Waals surface area contributed by atoms with Crippen molar-refractivity contribution in [3.05, 3.63) is 0 Å². The molecule has 1 heterocycles. The zero-order chi connectivity index (χ0) is 12.0. The van der Waals surface area contributed by atoms with E-state index in [1.54, 1.807) is 0 Å². The fraction of sp³-hybridized carbons (Fsp3) is 0.923. The van der Waals surface area contributed by atoms with Crippen molar-refractivity contribution in [3.8, 4) is 0 Å². The zero-order valence-electron chi connectivity index (χ0n) is 10.8. The maximum absolute atomic E-state index is 11.4. The van der Waals surface area contributed by atoms with E-state index in [0.717, 1.165) is 25.9 Å². The van der Waals surface area contributed by atoms with Gasteiger partial charge in [-0.15, -0.1) is 0 Å². The largest absolute Gasteiger partial charge is 0.466 e. The monoisotopic (exact) mass is 227 g/mol. The molecule has 3 heteroatoms. The molecule has 1 saturated heterocycles. The SMILES string of the molecule is CC(C)(C)CCOC(=O)CCC1CCNC1. The summed E-state index contributed by atoms with van der Waals surface area (Å²) in [5, 5.41) is 3.31. The number of rotatable bonds is 5. The molecule has 1 fully saturated rings. The van der Waals surface area contributed by atoms with Crippen LogP contribution in [0.3, 0.4) is 0 Å². The number of ether oxygens (including phenoxy) is 1. The molecule has 0 radical (unpaired) electrons. The molecule has 0 aliphatic carbocycles. The Balaban J connectivity index is 2.02. The summed E-state index contributed by atoms with van der Waals surface area (Å²) >= 11 is 0. The summed E-state index contributed by atoms with van der Waals surface area (Å²) in [5.41, 5.74) is 0.246. The first-order valence-corrected chi connectivity index (χ1v) is 6.34. The van der Waals surface area contributed by atoms with Crippen LogP contribution < -0.4 is 5.32 Å². The van der Waals surface area contributed by atoms with Gasteiger partial charge in [-0.25, -0.2) is 0 Å². The fourth-order valence-corrected chi connectivity index (χ4v) is 1.83. The van der Waals surface area contributed by atoms with Crippen LogP contribution >= 0.6 is 0 Å². The lowest BCUT2D eigenvalue weighted by Crippen LogP contribution is -2.14. The highest BCUT2D eigenvalue weighted by atomic mass is 16.5. The molecule has 1 atom stereocenters. The van der Waals surface area contributed by atoms with Crippen LogP contribution in [0.5, 0.6) is 0 Å². The Kier molecular flexibility index (Phi) is 5.26. The summed E-state index contributed by atoms with van der Waals surface area (Å²) in [6.07, 6.45) is 3.69. The molecule has 0 aromatic heterocycles. The van der Waals surface area contributed by atoms with Gasteiger partial charge in [0.05, 0.1) is 6.61 Å². The van der Waals surface area contributed by atoms with Gasteiger partial charge in [0, 0.05) is 6.42 Å². The van der Waals surface area contributed by atoms with Crippen molar-refractivity contribution in [1.82, 2.24) is 5.32 Å². The summed E-state index contributed by atoms with van der Waals surface area (Å²) in [5.74, 6) is 0.645. The number of hydrogen-bond donors (Lipinski definition) is 1. The average molecular weight is 227 g/mol. The first-order chi connectivity index (χ1) is 7.47. The van der Waals surface area contributed by atoms with Crippen molar-refractivity contribution in [2.75, 3.05) is 19.7 Å². The molecule has 0 bridgehead atoms. The average Bonchev–Trinajstić information content (AvgIpc) is 2.65. The molecule has 0 saturated carbocycles. The van der Waals surface area contributed by atoms with E-state index in [9.17, 15) is 4.79 Å². The van der Waals surface area contributed by atoms with Gasteiger partial charge in [-0.1, -0.05) is 20.8 Å². The molecular formula is C13H25NO2. The number of carbonyl (C=O) groups is 1. The fourth-order valence-electron chi connectivity index (χ4n) is 1.83. The van der Waals surface area contributed by atoms with Crippen LogP contribution in [0, 0.1) is 11.3 Å². The van der Waals surface area contributed by atoms with Gasteiger partial charge in [0.15, 0.2) is 0 Å². The lowest BCUT2D eigenvalue weighted by molar-refractivity contribution is -0.144. The van der Waals surface area contributed by atoms with Gasteiger partial charge in [0.25, 0.3) is 0 Å². The molecule has 1 aliphatic heterocycles. The summed E-state index contributed by atoms with van der Waals surface area (Å²) in [7, 11) is 0. The van der Waals surface area contributed by atoms with E-state index in [2.05, 4.69) is 26.1 Å². The summed E-state index contributed by atoms with van der Waals surface area (Å²) in [6.45, 7) is 9.20. The molecular weight excluding hydrogens is 202 g/mol. The van der Waals surface area contributed by atoms with Crippen molar-refractivity contribution in [2.24, 2.45) is 11.3 Å². The van der Waals surface area contributed by atoms with Crippen LogP contribution in [-0.2, 0) is 9.53 Å². The molecule has 94 valence electrons. The van der Waals surface area contributed by atoms with Crippen LogP contribution in [0.1, 0.15) is 46.5 Å². The van der Waals surface area contributed by atoms with E-state index >= 15 is 0 Å². The van der Waals surface area contributed by atoms with E-state index in [0.29, 0.717) is 18.9 Å². The number of esters is 1. The van der Waals surface area contributed by atoms with Crippen LogP contribution in [0.15, 0.2) is 0 Å². The highest BCUT2D eigenvalue weighted by Crippen LogP contribution is 2.18. The smallest absolute Gasteiger partial charge is 0.305 e.